The summed E-state index contributed by atoms with van der Waals surface area (Å²) in [6.45, 7) is 1.14. The second-order valence-corrected chi connectivity index (χ2v) is 9.86. The van der Waals surface area contributed by atoms with Gasteiger partial charge in [-0.05, 0) is 71.8 Å². The molecule has 1 atom stereocenters. The molecule has 0 bridgehead atoms. The van der Waals surface area contributed by atoms with Crippen molar-refractivity contribution in [3.63, 3.8) is 0 Å². The first-order valence-corrected chi connectivity index (χ1v) is 14.2. The molecule has 0 radical (unpaired) electrons. The first kappa shape index (κ1) is 29.9. The van der Waals surface area contributed by atoms with E-state index in [1.54, 1.807) is 36.8 Å². The molecule has 0 saturated carbocycles. The van der Waals surface area contributed by atoms with Crippen LogP contribution in [0.25, 0.3) is 5.69 Å². The SMILES string of the molecule is COC(=O)C(Cc1ccc(OCc2ccccc2)cc1)NC(=O)c1ccc(OCCOc2ccc(-n3ccnc3)cc2)cc1. The van der Waals surface area contributed by atoms with Gasteiger partial charge in [-0.1, -0.05) is 42.5 Å². The maximum Gasteiger partial charge on any atom is 0.328 e. The van der Waals surface area contributed by atoms with E-state index in [0.29, 0.717) is 36.9 Å². The number of carbonyl (C=O) groups is 2. The molecule has 0 fully saturated rings. The summed E-state index contributed by atoms with van der Waals surface area (Å²) in [5, 5.41) is 2.79. The fourth-order valence-electron chi connectivity index (χ4n) is 4.42. The smallest absolute Gasteiger partial charge is 0.328 e. The minimum absolute atomic E-state index is 0.269. The highest BCUT2D eigenvalue weighted by Gasteiger charge is 2.23. The average molecular weight is 592 g/mol. The van der Waals surface area contributed by atoms with Crippen LogP contribution in [0.2, 0.25) is 0 Å². The normalized spacial score (nSPS) is 11.3. The zero-order chi connectivity index (χ0) is 30.6. The van der Waals surface area contributed by atoms with Gasteiger partial charge in [-0.2, -0.15) is 0 Å². The van der Waals surface area contributed by atoms with Crippen LogP contribution >= 0.6 is 0 Å². The number of ether oxygens (including phenoxy) is 4. The molecule has 0 saturated heterocycles. The number of nitrogens with one attached hydrogen (secondary N) is 1. The van der Waals surface area contributed by atoms with Crippen molar-refractivity contribution in [3.8, 4) is 22.9 Å². The monoisotopic (exact) mass is 591 g/mol. The van der Waals surface area contributed by atoms with Gasteiger partial charge in [-0.25, -0.2) is 9.78 Å². The summed E-state index contributed by atoms with van der Waals surface area (Å²) in [5.74, 6) is 1.12. The lowest BCUT2D eigenvalue weighted by Crippen LogP contribution is -2.43. The summed E-state index contributed by atoms with van der Waals surface area (Å²) in [6.07, 6.45) is 5.61. The largest absolute Gasteiger partial charge is 0.490 e. The summed E-state index contributed by atoms with van der Waals surface area (Å²) in [7, 11) is 1.30. The molecular weight excluding hydrogens is 558 g/mol. The van der Waals surface area contributed by atoms with Crippen molar-refractivity contribution in [2.24, 2.45) is 0 Å². The lowest BCUT2D eigenvalue weighted by molar-refractivity contribution is -0.142. The number of methoxy groups -OCH3 is 1. The Morgan fingerprint density at radius 3 is 1.98 bits per heavy atom. The van der Waals surface area contributed by atoms with Crippen molar-refractivity contribution < 1.29 is 28.5 Å². The van der Waals surface area contributed by atoms with Crippen LogP contribution in [0.5, 0.6) is 17.2 Å². The predicted molar refractivity (Wildman–Crippen MR) is 165 cm³/mol. The molecule has 0 aliphatic rings. The van der Waals surface area contributed by atoms with E-state index in [4.69, 9.17) is 18.9 Å². The van der Waals surface area contributed by atoms with E-state index in [1.807, 2.05) is 89.6 Å². The predicted octanol–water partition coefficient (Wildman–Crippen LogP) is 5.42. The molecular formula is C35H33N3O6. The number of hydrogen-bond donors (Lipinski definition) is 1. The van der Waals surface area contributed by atoms with Gasteiger partial charge in [-0.15, -0.1) is 0 Å². The van der Waals surface area contributed by atoms with Crippen molar-refractivity contribution in [1.82, 2.24) is 14.9 Å². The van der Waals surface area contributed by atoms with Crippen LogP contribution < -0.4 is 19.5 Å². The Kier molecular flexibility index (Phi) is 10.2. The minimum Gasteiger partial charge on any atom is -0.490 e. The zero-order valence-electron chi connectivity index (χ0n) is 24.3. The molecule has 1 aromatic heterocycles. The second kappa shape index (κ2) is 15.1. The van der Waals surface area contributed by atoms with Crippen molar-refractivity contribution in [2.45, 2.75) is 19.1 Å². The van der Waals surface area contributed by atoms with Crippen LogP contribution in [-0.4, -0.2) is 47.8 Å². The number of aromatic nitrogens is 2. The Morgan fingerprint density at radius 1 is 0.750 bits per heavy atom. The minimum atomic E-state index is -0.856. The third-order valence-electron chi connectivity index (χ3n) is 6.78. The number of hydrogen-bond acceptors (Lipinski definition) is 7. The van der Waals surface area contributed by atoms with E-state index in [0.717, 1.165) is 22.6 Å². The Balaban J connectivity index is 1.08. The summed E-state index contributed by atoms with van der Waals surface area (Å²) < 4.78 is 24.2. The first-order valence-electron chi connectivity index (χ1n) is 14.2. The van der Waals surface area contributed by atoms with E-state index in [2.05, 4.69) is 10.3 Å². The molecule has 1 heterocycles. The van der Waals surface area contributed by atoms with Gasteiger partial charge in [0.15, 0.2) is 0 Å². The molecule has 0 spiro atoms. The summed E-state index contributed by atoms with van der Waals surface area (Å²) in [4.78, 5) is 29.5. The summed E-state index contributed by atoms with van der Waals surface area (Å²) in [6, 6.07) is 30.8. The Hall–Kier alpha value is -5.57. The molecule has 224 valence electrons. The average Bonchev–Trinajstić information content (AvgIpc) is 3.62. The molecule has 0 aliphatic carbocycles. The molecule has 5 aromatic rings. The lowest BCUT2D eigenvalue weighted by atomic mass is 10.0. The van der Waals surface area contributed by atoms with Gasteiger partial charge in [0.1, 0.15) is 43.1 Å². The lowest BCUT2D eigenvalue weighted by Gasteiger charge is -2.17. The van der Waals surface area contributed by atoms with Crippen molar-refractivity contribution in [2.75, 3.05) is 20.3 Å². The van der Waals surface area contributed by atoms with Crippen LogP contribution in [0.15, 0.2) is 122 Å². The summed E-state index contributed by atoms with van der Waals surface area (Å²) in [5.41, 5.74) is 3.31. The maximum absolute atomic E-state index is 13.0. The van der Waals surface area contributed by atoms with Gasteiger partial charge in [0.25, 0.3) is 5.91 Å². The highest BCUT2D eigenvalue weighted by atomic mass is 16.5. The number of esters is 1. The fourth-order valence-corrected chi connectivity index (χ4v) is 4.42. The first-order chi connectivity index (χ1) is 21.6. The van der Waals surface area contributed by atoms with Gasteiger partial charge in [0.2, 0.25) is 0 Å². The Morgan fingerprint density at radius 2 is 1.36 bits per heavy atom. The molecule has 1 N–H and O–H groups in total. The highest BCUT2D eigenvalue weighted by molar-refractivity contribution is 5.96. The Bertz CT molecular complexity index is 1600. The molecule has 9 heteroatoms. The number of rotatable bonds is 14. The van der Waals surface area contributed by atoms with Crippen molar-refractivity contribution in [1.29, 1.82) is 0 Å². The van der Waals surface area contributed by atoms with E-state index in [-0.39, 0.29) is 6.42 Å². The van der Waals surface area contributed by atoms with Gasteiger partial charge in [0.05, 0.1) is 13.4 Å². The molecule has 4 aromatic carbocycles. The second-order valence-electron chi connectivity index (χ2n) is 9.86. The zero-order valence-corrected chi connectivity index (χ0v) is 24.3. The van der Waals surface area contributed by atoms with Crippen molar-refractivity contribution in [3.05, 3.63) is 139 Å². The molecule has 44 heavy (non-hydrogen) atoms. The number of nitrogens with zero attached hydrogens (tertiary/aromatic N) is 2. The third kappa shape index (κ3) is 8.48. The van der Waals surface area contributed by atoms with Gasteiger partial charge >= 0.3 is 5.97 Å². The molecule has 1 amide bonds. The molecule has 9 nitrogen and oxygen atoms in total. The topological polar surface area (TPSA) is 101 Å². The molecule has 5 rings (SSSR count). The van der Waals surface area contributed by atoms with Crippen LogP contribution in [-0.2, 0) is 22.6 Å². The van der Waals surface area contributed by atoms with Crippen LogP contribution in [0.4, 0.5) is 0 Å². The van der Waals surface area contributed by atoms with E-state index < -0.39 is 17.9 Å². The van der Waals surface area contributed by atoms with Crippen LogP contribution in [0.1, 0.15) is 21.5 Å². The maximum atomic E-state index is 13.0. The fraction of sp³-hybridized carbons (Fsp3) is 0.171. The third-order valence-corrected chi connectivity index (χ3v) is 6.78. The number of carbonyl (C=O) groups excluding carboxylic acids is 2. The van der Waals surface area contributed by atoms with E-state index in [1.165, 1.54) is 7.11 Å². The standard InChI is InChI=1S/C35H33N3O6/c1-41-35(40)33(23-26-7-13-32(14-8-26)44-24-27-5-3-2-4-6-27)37-34(39)28-9-15-30(16-10-28)42-21-22-43-31-17-11-29(12-18-31)38-20-19-36-25-38/h2-20,25,33H,21-24H2,1H3,(H,37,39). The highest BCUT2D eigenvalue weighted by Crippen LogP contribution is 2.18. The van der Waals surface area contributed by atoms with Gasteiger partial charge in [-0.3, -0.25) is 4.79 Å². The molecule has 1 unspecified atom stereocenters. The van der Waals surface area contributed by atoms with Gasteiger partial charge in [0, 0.05) is 30.1 Å². The van der Waals surface area contributed by atoms with E-state index in [9.17, 15) is 9.59 Å². The number of imidazole rings is 1. The van der Waals surface area contributed by atoms with E-state index >= 15 is 0 Å². The quantitative estimate of drug-likeness (QED) is 0.136. The number of amides is 1. The van der Waals surface area contributed by atoms with Crippen molar-refractivity contribution >= 4 is 11.9 Å². The number of benzene rings is 4. The van der Waals surface area contributed by atoms with Crippen LogP contribution in [0.3, 0.4) is 0 Å². The van der Waals surface area contributed by atoms with Gasteiger partial charge < -0.3 is 28.8 Å². The summed E-state index contributed by atoms with van der Waals surface area (Å²) >= 11 is 0. The van der Waals surface area contributed by atoms with Crippen LogP contribution in [0, 0.1) is 0 Å². The molecule has 0 aliphatic heterocycles. The Labute approximate surface area is 256 Å².